The number of nitrogens with zero attached hydrogens (tertiary/aromatic N) is 4. The minimum atomic E-state index is -1.04. The highest BCUT2D eigenvalue weighted by Crippen LogP contribution is 2.14. The average Bonchev–Trinajstić information content (AvgIpc) is 2.64. The fourth-order valence-corrected chi connectivity index (χ4v) is 1.17. The summed E-state index contributed by atoms with van der Waals surface area (Å²) in [6.45, 7) is -1.04. The van der Waals surface area contributed by atoms with Crippen molar-refractivity contribution in [3.63, 3.8) is 0 Å². The van der Waals surface area contributed by atoms with Gasteiger partial charge in [0.25, 0.3) is 0 Å². The zero-order chi connectivity index (χ0) is 12.4. The number of aryl methyl sites for hydroxylation is 1. The third-order valence-electron chi connectivity index (χ3n) is 1.91. The molecule has 0 radical (unpaired) electrons. The summed E-state index contributed by atoms with van der Waals surface area (Å²) in [5.41, 5.74) is -0.301. The Morgan fingerprint density at radius 3 is 3.00 bits per heavy atom. The maximum Gasteiger partial charge on any atom is 0.368 e. The molecule has 0 spiro atoms. The van der Waals surface area contributed by atoms with Gasteiger partial charge in [-0.25, -0.2) is 9.18 Å². The van der Waals surface area contributed by atoms with Crippen LogP contribution < -0.4 is 10.4 Å². The molecular weight excluding hydrogens is 215 g/mol. The Balaban J connectivity index is 2.56. The van der Waals surface area contributed by atoms with Crippen LogP contribution in [-0.4, -0.2) is 26.7 Å². The minimum absolute atomic E-state index is 0.0440. The summed E-state index contributed by atoms with van der Waals surface area (Å²) in [7, 11) is 1.44. The maximum absolute atomic E-state index is 12.1. The molecule has 0 amide bonds. The predicted molar refractivity (Wildman–Crippen MR) is 53.2 cm³/mol. The van der Waals surface area contributed by atoms with Crippen molar-refractivity contribution in [1.82, 2.24) is 19.8 Å². The molecular formula is C9H9FN4O2. The summed E-state index contributed by atoms with van der Waals surface area (Å²) in [4.78, 5) is 11.6. The van der Waals surface area contributed by atoms with E-state index in [1.165, 1.54) is 19.2 Å². The Bertz CT molecular complexity index is 595. The Morgan fingerprint density at radius 2 is 2.38 bits per heavy atom. The molecule has 0 fully saturated rings. The largest absolute Gasteiger partial charge is 0.463 e. The van der Waals surface area contributed by atoms with Gasteiger partial charge in [-0.05, 0) is 22.6 Å². The Morgan fingerprint density at radius 1 is 1.56 bits per heavy atom. The SMILES string of the molecule is [3H]c1c(OCF)cccc1-n1nnn(C)c1=O. The van der Waals surface area contributed by atoms with Gasteiger partial charge in [-0.2, -0.15) is 9.36 Å². The standard InChI is InChI=1S/C9H9FN4O2/c1-13-9(15)14(12-11-13)7-3-2-4-8(5-7)16-6-10/h2-5H,6H2,1H3/i5T. The van der Waals surface area contributed by atoms with Gasteiger partial charge < -0.3 is 4.74 Å². The molecule has 16 heavy (non-hydrogen) atoms. The van der Waals surface area contributed by atoms with Gasteiger partial charge in [0.15, 0.2) is 0 Å². The van der Waals surface area contributed by atoms with Crippen molar-refractivity contribution in [2.75, 3.05) is 6.86 Å². The second-order valence-electron chi connectivity index (χ2n) is 2.95. The molecule has 0 aliphatic rings. The van der Waals surface area contributed by atoms with E-state index in [1.807, 2.05) is 0 Å². The number of aromatic nitrogens is 4. The van der Waals surface area contributed by atoms with Crippen LogP contribution in [0.3, 0.4) is 0 Å². The molecule has 0 unspecified atom stereocenters. The molecule has 0 saturated heterocycles. The van der Waals surface area contributed by atoms with Gasteiger partial charge in [0.05, 0.1) is 7.06 Å². The van der Waals surface area contributed by atoms with Crippen molar-refractivity contribution in [2.24, 2.45) is 7.05 Å². The highest BCUT2D eigenvalue weighted by Gasteiger charge is 2.06. The monoisotopic (exact) mass is 226 g/mol. The maximum atomic E-state index is 12.1. The molecule has 0 aliphatic heterocycles. The van der Waals surface area contributed by atoms with Gasteiger partial charge in [0.2, 0.25) is 6.86 Å². The number of rotatable bonds is 3. The van der Waals surface area contributed by atoms with E-state index in [9.17, 15) is 9.18 Å². The van der Waals surface area contributed by atoms with Gasteiger partial charge >= 0.3 is 5.69 Å². The van der Waals surface area contributed by atoms with E-state index in [4.69, 9.17) is 1.37 Å². The first-order valence-corrected chi connectivity index (χ1v) is 4.43. The Kier molecular flexibility index (Phi) is 2.34. The number of benzene rings is 1. The molecule has 0 bridgehead atoms. The molecule has 1 aromatic carbocycles. The van der Waals surface area contributed by atoms with E-state index in [2.05, 4.69) is 15.2 Å². The summed E-state index contributed by atoms with van der Waals surface area (Å²) < 4.78 is 26.4. The average molecular weight is 226 g/mol. The highest BCUT2D eigenvalue weighted by atomic mass is 19.1. The van der Waals surface area contributed by atoms with Crippen LogP contribution in [0.4, 0.5) is 4.39 Å². The van der Waals surface area contributed by atoms with Crippen LogP contribution in [-0.2, 0) is 7.05 Å². The van der Waals surface area contributed by atoms with Crippen LogP contribution in [0.25, 0.3) is 5.69 Å². The smallest absolute Gasteiger partial charge is 0.368 e. The van der Waals surface area contributed by atoms with E-state index in [0.29, 0.717) is 0 Å². The van der Waals surface area contributed by atoms with E-state index < -0.39 is 12.6 Å². The van der Waals surface area contributed by atoms with E-state index in [1.54, 1.807) is 6.07 Å². The Labute approximate surface area is 91.3 Å². The van der Waals surface area contributed by atoms with Crippen molar-refractivity contribution < 1.29 is 10.5 Å². The van der Waals surface area contributed by atoms with Crippen molar-refractivity contribution in [3.8, 4) is 11.4 Å². The lowest BCUT2D eigenvalue weighted by molar-refractivity contribution is 0.191. The second-order valence-corrected chi connectivity index (χ2v) is 2.95. The number of halogens is 1. The van der Waals surface area contributed by atoms with Gasteiger partial charge in [0.1, 0.15) is 5.75 Å². The number of hydrogen-bond donors (Lipinski definition) is 0. The zero-order valence-electron chi connectivity index (χ0n) is 9.42. The topological polar surface area (TPSA) is 61.9 Å². The van der Waals surface area contributed by atoms with E-state index in [0.717, 1.165) is 9.36 Å². The fraction of sp³-hybridized carbons (Fsp3) is 0.222. The molecule has 1 aromatic heterocycles. The molecule has 0 atom stereocenters. The van der Waals surface area contributed by atoms with E-state index in [-0.39, 0.29) is 17.5 Å². The number of tetrazole rings is 1. The van der Waals surface area contributed by atoms with Crippen molar-refractivity contribution in [3.05, 3.63) is 34.7 Å². The molecule has 2 aromatic rings. The van der Waals surface area contributed by atoms with Gasteiger partial charge in [0, 0.05) is 13.1 Å². The molecule has 7 heteroatoms. The molecule has 84 valence electrons. The normalized spacial score (nSPS) is 11.2. The third-order valence-corrected chi connectivity index (χ3v) is 1.91. The quantitative estimate of drug-likeness (QED) is 0.753. The summed E-state index contributed by atoms with van der Waals surface area (Å²) in [5.74, 6) is 0.0440. The van der Waals surface area contributed by atoms with Crippen LogP contribution in [0.1, 0.15) is 1.37 Å². The zero-order valence-corrected chi connectivity index (χ0v) is 8.42. The van der Waals surface area contributed by atoms with Crippen molar-refractivity contribution in [1.29, 1.82) is 0 Å². The second kappa shape index (κ2) is 4.13. The molecule has 1 heterocycles. The van der Waals surface area contributed by atoms with Crippen LogP contribution >= 0.6 is 0 Å². The first-order chi connectivity index (χ1) is 8.15. The summed E-state index contributed by atoms with van der Waals surface area (Å²) >= 11 is 0. The van der Waals surface area contributed by atoms with E-state index >= 15 is 0 Å². The number of ether oxygens (including phenoxy) is 1. The summed E-state index contributed by atoms with van der Waals surface area (Å²) in [5, 5.41) is 7.12. The molecule has 2 rings (SSSR count). The predicted octanol–water partition coefficient (Wildman–Crippen LogP) is 0.272. The minimum Gasteiger partial charge on any atom is -0.463 e. The van der Waals surface area contributed by atoms with Crippen LogP contribution in [0.2, 0.25) is 0 Å². The van der Waals surface area contributed by atoms with Gasteiger partial charge in [-0.1, -0.05) is 6.07 Å². The molecule has 0 N–H and O–H groups in total. The van der Waals surface area contributed by atoms with Crippen LogP contribution in [0, 0.1) is 0 Å². The summed E-state index contributed by atoms with van der Waals surface area (Å²) in [6.07, 6.45) is 0. The summed E-state index contributed by atoms with van der Waals surface area (Å²) in [6, 6.07) is 4.36. The van der Waals surface area contributed by atoms with Gasteiger partial charge in [-0.3, -0.25) is 0 Å². The fourth-order valence-electron chi connectivity index (χ4n) is 1.17. The molecule has 0 saturated carbocycles. The van der Waals surface area contributed by atoms with Gasteiger partial charge in [-0.15, -0.1) is 0 Å². The van der Waals surface area contributed by atoms with Crippen molar-refractivity contribution in [2.45, 2.75) is 0 Å². The lowest BCUT2D eigenvalue weighted by Crippen LogP contribution is -2.21. The number of hydrogen-bond acceptors (Lipinski definition) is 4. The Hall–Kier alpha value is -2.18. The first kappa shape index (κ1) is 9.08. The lowest BCUT2D eigenvalue weighted by atomic mass is 10.3. The number of alkyl halides is 1. The lowest BCUT2D eigenvalue weighted by Gasteiger charge is -2.02. The van der Waals surface area contributed by atoms with Crippen molar-refractivity contribution >= 4 is 0 Å². The molecule has 6 nitrogen and oxygen atoms in total. The van der Waals surface area contributed by atoms with Crippen LogP contribution in [0.15, 0.2) is 29.0 Å². The first-order valence-electron chi connectivity index (χ1n) is 4.93. The molecule has 0 aliphatic carbocycles. The third kappa shape index (κ3) is 1.79. The highest BCUT2D eigenvalue weighted by molar-refractivity contribution is 5.37. The van der Waals surface area contributed by atoms with Crippen LogP contribution in [0.5, 0.6) is 5.75 Å².